The molecule has 0 aromatic heterocycles. The van der Waals surface area contributed by atoms with E-state index in [0.717, 1.165) is 5.57 Å². The summed E-state index contributed by atoms with van der Waals surface area (Å²) in [4.78, 5) is 71.4. The molecule has 2 bridgehead atoms. The average molecular weight is 900 g/mol. The number of ketones is 3. The van der Waals surface area contributed by atoms with Crippen molar-refractivity contribution in [1.29, 1.82) is 0 Å². The summed E-state index contributed by atoms with van der Waals surface area (Å²) in [7, 11) is 2.87. The fourth-order valence-corrected chi connectivity index (χ4v) is 9.87. The van der Waals surface area contributed by atoms with Gasteiger partial charge in [-0.05, 0) is 114 Å². The van der Waals surface area contributed by atoms with Crippen molar-refractivity contribution in [2.75, 3.05) is 20.8 Å². The van der Waals surface area contributed by atoms with Gasteiger partial charge in [0.1, 0.15) is 17.9 Å². The van der Waals surface area contributed by atoms with E-state index >= 15 is 4.39 Å². The maximum atomic E-state index is 16.2. The zero-order valence-electron chi connectivity index (χ0n) is 40.1. The number of allylic oxidation sites excluding steroid dienone is 6. The van der Waals surface area contributed by atoms with Crippen molar-refractivity contribution in [2.45, 2.75) is 181 Å². The Labute approximate surface area is 381 Å². The van der Waals surface area contributed by atoms with Crippen molar-refractivity contribution in [3.63, 3.8) is 0 Å². The van der Waals surface area contributed by atoms with Crippen molar-refractivity contribution < 1.29 is 57.5 Å². The molecule has 3 aliphatic heterocycles. The van der Waals surface area contributed by atoms with Crippen LogP contribution in [0.5, 0.6) is 0 Å². The number of hydrogen-bond acceptors (Lipinski definition) is 11. The van der Waals surface area contributed by atoms with Crippen molar-refractivity contribution in [1.82, 2.24) is 4.90 Å². The molecule has 1 saturated carbocycles. The molecule has 1 amide bonds. The van der Waals surface area contributed by atoms with E-state index in [0.29, 0.717) is 64.2 Å². The van der Waals surface area contributed by atoms with Crippen LogP contribution in [0.3, 0.4) is 0 Å². The summed E-state index contributed by atoms with van der Waals surface area (Å²) >= 11 is 0. The molecule has 3 fully saturated rings. The zero-order chi connectivity index (χ0) is 47.5. The lowest BCUT2D eigenvalue weighted by molar-refractivity contribution is -0.262. The van der Waals surface area contributed by atoms with Gasteiger partial charge in [0.2, 0.25) is 5.79 Å². The Bertz CT molecular complexity index is 1740. The first-order chi connectivity index (χ1) is 30.2. The molecule has 64 heavy (non-hydrogen) atoms. The van der Waals surface area contributed by atoms with Gasteiger partial charge in [-0.1, -0.05) is 83.6 Å². The summed E-state index contributed by atoms with van der Waals surface area (Å²) in [6.07, 6.45) is 11.5. The van der Waals surface area contributed by atoms with Crippen molar-refractivity contribution in [3.8, 4) is 0 Å². The van der Waals surface area contributed by atoms with Gasteiger partial charge in [0.05, 0.1) is 18.3 Å². The van der Waals surface area contributed by atoms with E-state index in [9.17, 15) is 34.2 Å². The number of fused-ring (bicyclic) bond motifs is 3. The molecular weight excluding hydrogens is 822 g/mol. The van der Waals surface area contributed by atoms with Gasteiger partial charge >= 0.3 is 5.97 Å². The van der Waals surface area contributed by atoms with Crippen LogP contribution in [0.4, 0.5) is 4.39 Å². The van der Waals surface area contributed by atoms with Crippen LogP contribution in [0.15, 0.2) is 47.6 Å². The van der Waals surface area contributed by atoms with Gasteiger partial charge in [0.15, 0.2) is 18.1 Å². The Morgan fingerprint density at radius 3 is 2.33 bits per heavy atom. The van der Waals surface area contributed by atoms with E-state index in [4.69, 9.17) is 18.9 Å². The normalized spacial score (nSPS) is 40.4. The summed E-state index contributed by atoms with van der Waals surface area (Å²) in [6.45, 7) is 14.6. The molecule has 15 atom stereocenters. The van der Waals surface area contributed by atoms with E-state index in [1.54, 1.807) is 27.9 Å². The third-order valence-corrected chi connectivity index (χ3v) is 14.2. The van der Waals surface area contributed by atoms with E-state index < -0.39 is 77.8 Å². The lowest BCUT2D eigenvalue weighted by Gasteiger charge is -2.42. The molecule has 1 aliphatic carbocycles. The quantitative estimate of drug-likeness (QED) is 0.157. The van der Waals surface area contributed by atoms with Crippen LogP contribution >= 0.6 is 0 Å². The Morgan fingerprint density at radius 2 is 1.64 bits per heavy atom. The number of hydrogen-bond donors (Lipinski definition) is 2. The number of aliphatic hydroxyl groups excluding tert-OH is 1. The number of rotatable bonds is 5. The van der Waals surface area contributed by atoms with Crippen molar-refractivity contribution in [3.05, 3.63) is 47.6 Å². The van der Waals surface area contributed by atoms with Gasteiger partial charge in [-0.2, -0.15) is 0 Å². The molecule has 0 spiro atoms. The number of Topliss-reactive ketones (excluding diaryl/α,β-unsaturated/α-hetero) is 3. The standard InChI is InChI=1S/C51H78FNO11/c1-30-14-15-31(2)18-21-39-22-19-37(8)51(60,64-39)48(57)49(58)53-24-12-11-13-40(53)50(59)63-43(34(5)27-38-20-23-41(54)44(28-38)61-9)29-42(55)33(4)26-35(6)45(52)47(62-10)46(56)36(7)25-32(3)17-16-30/h14-18,26,30,32-34,36-41,43-45,47,54,60H,11-13,19-25,27-29H2,1-10H3/b15-14?,17-16+,31-18+,35-26+/t30?,32-,33-,34-,36-,37-,38+,39?,40?,41-,43+,44-,45-,47-,51?/m1/s1. The Balaban J connectivity index is 1.69. The molecular formula is C51H78FNO11. The Kier molecular flexibility index (Phi) is 20.3. The number of esters is 1. The molecule has 4 rings (SSSR count). The highest BCUT2D eigenvalue weighted by Gasteiger charge is 2.52. The van der Waals surface area contributed by atoms with Crippen LogP contribution in [0.2, 0.25) is 0 Å². The fraction of sp³-hybridized carbons (Fsp3) is 0.745. The molecule has 2 saturated heterocycles. The van der Waals surface area contributed by atoms with E-state index in [2.05, 4.69) is 6.08 Å². The van der Waals surface area contributed by atoms with Crippen LogP contribution in [0.25, 0.3) is 0 Å². The number of carbonyl (C=O) groups excluding carboxylic acids is 5. The van der Waals surface area contributed by atoms with Crippen LogP contribution in [-0.2, 0) is 42.9 Å². The third-order valence-electron chi connectivity index (χ3n) is 14.2. The molecule has 2 N–H and O–H groups in total. The number of methoxy groups -OCH3 is 2. The number of amides is 1. The predicted molar refractivity (Wildman–Crippen MR) is 242 cm³/mol. The van der Waals surface area contributed by atoms with Gasteiger partial charge in [-0.3, -0.25) is 19.2 Å². The number of cyclic esters (lactones) is 1. The lowest BCUT2D eigenvalue weighted by Crippen LogP contribution is -2.60. The summed E-state index contributed by atoms with van der Waals surface area (Å²) in [5.74, 6) is -8.11. The number of carbonyl (C=O) groups is 5. The second kappa shape index (κ2) is 24.4. The molecule has 360 valence electrons. The van der Waals surface area contributed by atoms with Gasteiger partial charge in [-0.15, -0.1) is 0 Å². The number of aliphatic hydroxyl groups is 2. The number of nitrogens with zero attached hydrogens (tertiary/aromatic N) is 1. The smallest absolute Gasteiger partial charge is 0.329 e. The Hall–Kier alpha value is -3.36. The molecule has 13 heteroatoms. The minimum absolute atomic E-state index is 0.0165. The second-order valence-corrected chi connectivity index (χ2v) is 19.7. The van der Waals surface area contributed by atoms with Crippen LogP contribution in [-0.4, -0.2) is 114 Å². The monoisotopic (exact) mass is 900 g/mol. The summed E-state index contributed by atoms with van der Waals surface area (Å²) < 4.78 is 39.5. The topological polar surface area (TPSA) is 166 Å². The van der Waals surface area contributed by atoms with E-state index in [1.807, 2.05) is 52.0 Å². The summed E-state index contributed by atoms with van der Waals surface area (Å²) in [5, 5.41) is 22.3. The van der Waals surface area contributed by atoms with Crippen molar-refractivity contribution >= 4 is 29.2 Å². The minimum Gasteiger partial charge on any atom is -0.460 e. The largest absolute Gasteiger partial charge is 0.460 e. The lowest BCUT2D eigenvalue weighted by atomic mass is 9.78. The molecule has 0 aromatic rings. The number of piperidine rings is 1. The van der Waals surface area contributed by atoms with E-state index in [1.165, 1.54) is 25.0 Å². The second-order valence-electron chi connectivity index (χ2n) is 19.7. The molecule has 4 aliphatic rings. The molecule has 3 heterocycles. The molecule has 4 unspecified atom stereocenters. The maximum absolute atomic E-state index is 16.2. The first-order valence-electron chi connectivity index (χ1n) is 23.8. The van der Waals surface area contributed by atoms with Gasteiger partial charge in [0.25, 0.3) is 11.7 Å². The minimum atomic E-state index is -2.39. The highest BCUT2D eigenvalue weighted by atomic mass is 19.1. The average Bonchev–Trinajstić information content (AvgIpc) is 3.27. The van der Waals surface area contributed by atoms with Gasteiger partial charge < -0.3 is 34.1 Å². The van der Waals surface area contributed by atoms with E-state index in [-0.39, 0.29) is 66.3 Å². The van der Waals surface area contributed by atoms with Crippen LogP contribution in [0.1, 0.15) is 132 Å². The maximum Gasteiger partial charge on any atom is 0.329 e. The van der Waals surface area contributed by atoms with Crippen molar-refractivity contribution in [2.24, 2.45) is 41.4 Å². The highest BCUT2D eigenvalue weighted by Crippen LogP contribution is 2.37. The molecule has 0 aromatic carbocycles. The van der Waals surface area contributed by atoms with Gasteiger partial charge in [-0.25, -0.2) is 9.18 Å². The number of ether oxygens (including phenoxy) is 4. The highest BCUT2D eigenvalue weighted by molar-refractivity contribution is 6.39. The summed E-state index contributed by atoms with van der Waals surface area (Å²) in [6, 6.07) is -1.14. The zero-order valence-corrected chi connectivity index (χ0v) is 40.1. The van der Waals surface area contributed by atoms with Gasteiger partial charge in [0, 0.05) is 44.9 Å². The van der Waals surface area contributed by atoms with Crippen LogP contribution in [0, 0.1) is 41.4 Å². The SMILES string of the molecule is CO[C@@H]1C[C@H](C[C@@H](C)[C@@H]2CC(=O)[C@H](C)/C=C(\C)[C@@H](F)[C@@H](OC)C(=O)[C@H](C)C[C@H](C)/C=C/C(C)C=C/C(C)=C/CC3CC[C@@H](C)C(O)(O3)C(=O)C(=O)N3CCCCC3C(=O)O2)CC[C@H]1O. The third kappa shape index (κ3) is 14.1. The predicted octanol–water partition coefficient (Wildman–Crippen LogP) is 7.78. The first kappa shape index (κ1) is 53.3. The molecule has 0 radical (unpaired) electrons. The summed E-state index contributed by atoms with van der Waals surface area (Å²) in [5.41, 5.74) is 1.13. The first-order valence-corrected chi connectivity index (χ1v) is 23.8. The number of alkyl halides is 1. The molecule has 12 nitrogen and oxygen atoms in total. The Morgan fingerprint density at radius 1 is 0.922 bits per heavy atom. The van der Waals surface area contributed by atoms with Crippen LogP contribution < -0.4 is 0 Å². The number of halogens is 1. The fourth-order valence-electron chi connectivity index (χ4n) is 9.87.